The monoisotopic (exact) mass is 531 g/mol. The van der Waals surface area contributed by atoms with Crippen molar-refractivity contribution in [2.75, 3.05) is 18.0 Å². The maximum atomic E-state index is 12.5. The molecule has 1 aromatic carbocycles. The Balaban J connectivity index is 1.35. The second-order valence-corrected chi connectivity index (χ2v) is 10.4. The van der Waals surface area contributed by atoms with Crippen LogP contribution in [0.4, 0.5) is 10.6 Å². The van der Waals surface area contributed by atoms with Crippen LogP contribution < -0.4 is 4.90 Å². The average Bonchev–Trinajstić information content (AvgIpc) is 3.40. The Morgan fingerprint density at radius 1 is 1.16 bits per heavy atom. The highest BCUT2D eigenvalue weighted by atomic mass is 127. The molecule has 0 spiro atoms. The van der Waals surface area contributed by atoms with Crippen molar-refractivity contribution in [2.24, 2.45) is 0 Å². The highest BCUT2D eigenvalue weighted by molar-refractivity contribution is 14.1. The van der Waals surface area contributed by atoms with Gasteiger partial charge in [0, 0.05) is 18.5 Å². The molecule has 4 heterocycles. The number of amides is 1. The minimum Gasteiger partial charge on any atom is -0.444 e. The van der Waals surface area contributed by atoms with E-state index in [4.69, 9.17) is 14.8 Å². The summed E-state index contributed by atoms with van der Waals surface area (Å²) in [5.41, 5.74) is 2.79. The summed E-state index contributed by atoms with van der Waals surface area (Å²) in [6.07, 6.45) is 2.64. The lowest BCUT2D eigenvalue weighted by molar-refractivity contribution is 0.0214. The van der Waals surface area contributed by atoms with Gasteiger partial charge in [-0.3, -0.25) is 0 Å². The summed E-state index contributed by atoms with van der Waals surface area (Å²) in [4.78, 5) is 21.4. The number of likely N-dealkylation sites (tertiary alicyclic amines) is 1. The first kappa shape index (κ1) is 20.5. The molecule has 162 valence electrons. The molecule has 2 aliphatic rings. The van der Waals surface area contributed by atoms with Crippen LogP contribution in [0, 0.1) is 10.6 Å². The third kappa shape index (κ3) is 3.64. The molecular formula is C23H26IN5O2. The number of anilines is 1. The van der Waals surface area contributed by atoms with Crippen molar-refractivity contribution in [3.05, 3.63) is 45.8 Å². The van der Waals surface area contributed by atoms with E-state index in [0.29, 0.717) is 6.54 Å². The molecule has 0 saturated carbocycles. The number of halogens is 1. The Labute approximate surface area is 195 Å². The van der Waals surface area contributed by atoms with Crippen molar-refractivity contribution in [3.63, 3.8) is 0 Å². The van der Waals surface area contributed by atoms with Crippen LogP contribution in [0.1, 0.15) is 32.8 Å². The minimum absolute atomic E-state index is 0.181. The van der Waals surface area contributed by atoms with Gasteiger partial charge in [0.25, 0.3) is 0 Å². The van der Waals surface area contributed by atoms with Gasteiger partial charge < -0.3 is 14.5 Å². The maximum absolute atomic E-state index is 12.5. The number of carbonyl (C=O) groups is 1. The zero-order valence-electron chi connectivity index (χ0n) is 18.2. The molecule has 2 aliphatic heterocycles. The molecule has 3 aromatic rings. The summed E-state index contributed by atoms with van der Waals surface area (Å²) in [6.45, 7) is 9.30. The first-order chi connectivity index (χ1) is 14.7. The smallest absolute Gasteiger partial charge is 0.410 e. The van der Waals surface area contributed by atoms with Gasteiger partial charge in [0.1, 0.15) is 15.1 Å². The van der Waals surface area contributed by atoms with Crippen molar-refractivity contribution in [3.8, 4) is 5.69 Å². The van der Waals surface area contributed by atoms with Crippen molar-refractivity contribution in [1.82, 2.24) is 19.7 Å². The molecule has 1 amide bonds. The predicted octanol–water partition coefficient (Wildman–Crippen LogP) is 4.53. The van der Waals surface area contributed by atoms with Crippen molar-refractivity contribution < 1.29 is 9.53 Å². The Hall–Kier alpha value is -2.36. The van der Waals surface area contributed by atoms with E-state index in [9.17, 15) is 4.79 Å². The second kappa shape index (κ2) is 7.36. The van der Waals surface area contributed by atoms with Crippen LogP contribution >= 0.6 is 22.6 Å². The number of aromatic nitrogens is 3. The molecule has 0 unspecified atom stereocenters. The third-order valence-electron chi connectivity index (χ3n) is 6.00. The molecular weight excluding hydrogens is 505 g/mol. The van der Waals surface area contributed by atoms with E-state index < -0.39 is 5.60 Å². The summed E-state index contributed by atoms with van der Waals surface area (Å²) in [7, 11) is 0. The lowest BCUT2D eigenvalue weighted by atomic mass is 10.2. The van der Waals surface area contributed by atoms with Gasteiger partial charge in [-0.2, -0.15) is 5.10 Å². The SMILES string of the molecule is Cc1cccc2c(I)nn(-c3ccc(N4C[C@H]5C[C@@H]4CN5C(=O)OC(C)(C)C)nc3)c12. The van der Waals surface area contributed by atoms with Gasteiger partial charge >= 0.3 is 6.09 Å². The standard InChI is InChI=1S/C23H26IN5O2/c1-14-6-5-7-18-20(14)29(26-21(18)24)15-8-9-19(25-11-15)27-12-17-10-16(27)13-28(17)22(30)31-23(2,3)4/h5-9,11,16-17H,10,12-13H2,1-4H3/t16-,17-/m1/s1. The zero-order chi connectivity index (χ0) is 21.9. The molecule has 7 nitrogen and oxygen atoms in total. The Bertz CT molecular complexity index is 1150. The third-order valence-corrected chi connectivity index (χ3v) is 6.80. The lowest BCUT2D eigenvalue weighted by Crippen LogP contribution is -2.50. The van der Waals surface area contributed by atoms with Crippen molar-refractivity contribution in [2.45, 2.75) is 51.8 Å². The van der Waals surface area contributed by atoms with E-state index in [1.165, 1.54) is 5.56 Å². The number of aryl methyl sites for hydroxylation is 1. The van der Waals surface area contributed by atoms with E-state index in [0.717, 1.165) is 39.1 Å². The van der Waals surface area contributed by atoms with Crippen LogP contribution in [0.3, 0.4) is 0 Å². The number of rotatable bonds is 2. The number of carbonyl (C=O) groups excluding carboxylic acids is 1. The molecule has 0 radical (unpaired) electrons. The topological polar surface area (TPSA) is 63.5 Å². The zero-order valence-corrected chi connectivity index (χ0v) is 20.3. The fraction of sp³-hybridized carbons (Fsp3) is 0.435. The summed E-state index contributed by atoms with van der Waals surface area (Å²) in [5, 5.41) is 5.89. The van der Waals surface area contributed by atoms with Crippen LogP contribution in [0.2, 0.25) is 0 Å². The number of piperazine rings is 1. The predicted molar refractivity (Wildman–Crippen MR) is 129 cm³/mol. The quantitative estimate of drug-likeness (QED) is 0.455. The number of benzene rings is 1. The summed E-state index contributed by atoms with van der Waals surface area (Å²) in [5.74, 6) is 0.947. The van der Waals surface area contributed by atoms with Gasteiger partial charge in [0.15, 0.2) is 0 Å². The Morgan fingerprint density at radius 2 is 1.97 bits per heavy atom. The van der Waals surface area contributed by atoms with E-state index >= 15 is 0 Å². The molecule has 2 fully saturated rings. The number of para-hydroxylation sites is 1. The van der Waals surface area contributed by atoms with E-state index in [2.05, 4.69) is 64.7 Å². The second-order valence-electron chi connectivity index (χ2n) is 9.38. The van der Waals surface area contributed by atoms with E-state index in [-0.39, 0.29) is 18.2 Å². The lowest BCUT2D eigenvalue weighted by Gasteiger charge is -2.35. The van der Waals surface area contributed by atoms with Crippen molar-refractivity contribution >= 4 is 45.4 Å². The average molecular weight is 531 g/mol. The molecule has 2 saturated heterocycles. The summed E-state index contributed by atoms with van der Waals surface area (Å²) in [6, 6.07) is 10.9. The minimum atomic E-state index is -0.469. The van der Waals surface area contributed by atoms with Gasteiger partial charge in [-0.15, -0.1) is 0 Å². The highest BCUT2D eigenvalue weighted by Gasteiger charge is 2.46. The van der Waals surface area contributed by atoms with Gasteiger partial charge in [0.05, 0.1) is 29.5 Å². The van der Waals surface area contributed by atoms with Gasteiger partial charge in [-0.25, -0.2) is 14.5 Å². The molecule has 2 atom stereocenters. The van der Waals surface area contributed by atoms with Crippen molar-refractivity contribution in [1.29, 1.82) is 0 Å². The fourth-order valence-corrected chi connectivity index (χ4v) is 5.30. The number of hydrogen-bond acceptors (Lipinski definition) is 5. The van der Waals surface area contributed by atoms with Crippen LogP contribution in [0.25, 0.3) is 16.6 Å². The van der Waals surface area contributed by atoms with Gasteiger partial charge in [-0.1, -0.05) is 18.2 Å². The summed E-state index contributed by atoms with van der Waals surface area (Å²) >= 11 is 2.28. The fourth-order valence-electron chi connectivity index (χ4n) is 4.65. The first-order valence-electron chi connectivity index (χ1n) is 10.6. The van der Waals surface area contributed by atoms with Crippen LogP contribution in [-0.4, -0.2) is 56.5 Å². The van der Waals surface area contributed by atoms with E-state index in [1.54, 1.807) is 0 Å². The first-order valence-corrected chi connectivity index (χ1v) is 11.7. The van der Waals surface area contributed by atoms with Crippen LogP contribution in [0.15, 0.2) is 36.5 Å². The summed E-state index contributed by atoms with van der Waals surface area (Å²) < 4.78 is 8.53. The van der Waals surface area contributed by atoms with E-state index in [1.807, 2.05) is 36.5 Å². The Kier molecular flexibility index (Phi) is 4.87. The molecule has 2 bridgehead atoms. The largest absolute Gasteiger partial charge is 0.444 e. The molecule has 0 N–H and O–H groups in total. The Morgan fingerprint density at radius 3 is 2.61 bits per heavy atom. The molecule has 2 aromatic heterocycles. The number of pyridine rings is 1. The number of nitrogens with zero attached hydrogens (tertiary/aromatic N) is 5. The molecule has 0 aliphatic carbocycles. The normalized spacial score (nSPS) is 20.7. The van der Waals surface area contributed by atoms with Gasteiger partial charge in [0.2, 0.25) is 0 Å². The molecule has 8 heteroatoms. The highest BCUT2D eigenvalue weighted by Crippen LogP contribution is 2.35. The van der Waals surface area contributed by atoms with Crippen LogP contribution in [-0.2, 0) is 4.74 Å². The number of hydrogen-bond donors (Lipinski definition) is 0. The van der Waals surface area contributed by atoms with Gasteiger partial charge in [-0.05, 0) is 74.4 Å². The molecule has 5 rings (SSSR count). The maximum Gasteiger partial charge on any atom is 0.410 e. The number of ether oxygens (including phenoxy) is 1. The van der Waals surface area contributed by atoms with Crippen LogP contribution in [0.5, 0.6) is 0 Å². The number of fused-ring (bicyclic) bond motifs is 3. The molecule has 31 heavy (non-hydrogen) atoms.